The number of fused-ring (bicyclic) bond motifs is 2. The van der Waals surface area contributed by atoms with Gasteiger partial charge < -0.3 is 15.2 Å². The zero-order valence-corrected chi connectivity index (χ0v) is 16.7. The van der Waals surface area contributed by atoms with Crippen molar-refractivity contribution >= 4 is 40.7 Å². The average molecular weight is 427 g/mol. The highest BCUT2D eigenvalue weighted by Gasteiger charge is 2.55. The van der Waals surface area contributed by atoms with E-state index < -0.39 is 11.5 Å². The highest BCUT2D eigenvalue weighted by Crippen LogP contribution is 2.52. The Morgan fingerprint density at radius 1 is 1.10 bits per heavy atom. The first-order valence-corrected chi connectivity index (χ1v) is 9.93. The number of amides is 2. The van der Waals surface area contributed by atoms with Gasteiger partial charge in [-0.25, -0.2) is 4.98 Å². The number of hydrogen-bond acceptors (Lipinski definition) is 3. The number of hydrogen-bond donors (Lipinski definition) is 2. The van der Waals surface area contributed by atoms with Gasteiger partial charge in [-0.1, -0.05) is 29.3 Å². The molecule has 5 rings (SSSR count). The van der Waals surface area contributed by atoms with Crippen LogP contribution in [0.4, 0.5) is 5.69 Å². The maximum absolute atomic E-state index is 13.3. The predicted octanol–water partition coefficient (Wildman–Crippen LogP) is 4.02. The van der Waals surface area contributed by atoms with Crippen LogP contribution in [0, 0.1) is 0 Å². The van der Waals surface area contributed by atoms with E-state index in [-0.39, 0.29) is 18.2 Å². The fourth-order valence-electron chi connectivity index (χ4n) is 4.45. The van der Waals surface area contributed by atoms with Gasteiger partial charge in [0.1, 0.15) is 5.41 Å². The molecule has 146 valence electrons. The van der Waals surface area contributed by atoms with Crippen LogP contribution in [-0.4, -0.2) is 21.4 Å². The molecule has 8 heteroatoms. The van der Waals surface area contributed by atoms with E-state index in [2.05, 4.69) is 15.6 Å². The van der Waals surface area contributed by atoms with Crippen LogP contribution >= 0.6 is 23.2 Å². The number of aromatic nitrogens is 2. The second-order valence-electron chi connectivity index (χ2n) is 7.29. The monoisotopic (exact) mass is 426 g/mol. The van der Waals surface area contributed by atoms with E-state index in [1.54, 1.807) is 36.8 Å². The Hall–Kier alpha value is -2.83. The van der Waals surface area contributed by atoms with Gasteiger partial charge in [0.05, 0.1) is 18.1 Å². The van der Waals surface area contributed by atoms with Gasteiger partial charge in [-0.2, -0.15) is 0 Å². The van der Waals surface area contributed by atoms with Crippen molar-refractivity contribution < 1.29 is 9.59 Å². The van der Waals surface area contributed by atoms with Crippen molar-refractivity contribution in [2.45, 2.75) is 24.3 Å². The van der Waals surface area contributed by atoms with Crippen LogP contribution in [0.1, 0.15) is 30.0 Å². The summed E-state index contributed by atoms with van der Waals surface area (Å²) in [5.74, 6) is -0.260. The van der Waals surface area contributed by atoms with Gasteiger partial charge in [-0.05, 0) is 42.3 Å². The topological polar surface area (TPSA) is 76.0 Å². The van der Waals surface area contributed by atoms with E-state index in [0.717, 1.165) is 16.8 Å². The van der Waals surface area contributed by atoms with Gasteiger partial charge in [0.25, 0.3) is 0 Å². The first-order valence-electron chi connectivity index (χ1n) is 9.18. The van der Waals surface area contributed by atoms with Crippen molar-refractivity contribution in [3.05, 3.63) is 76.3 Å². The number of nitrogens with one attached hydrogen (secondary N) is 2. The molecule has 1 saturated heterocycles. The molecule has 1 spiro atoms. The number of anilines is 1. The minimum Gasteiger partial charge on any atom is -0.348 e. The van der Waals surface area contributed by atoms with E-state index in [9.17, 15) is 9.59 Å². The number of carbonyl (C=O) groups excluding carboxylic acids is 2. The number of halogens is 2. The van der Waals surface area contributed by atoms with Crippen LogP contribution in [0.3, 0.4) is 0 Å². The van der Waals surface area contributed by atoms with Crippen molar-refractivity contribution in [1.82, 2.24) is 14.9 Å². The fraction of sp³-hybridized carbons (Fsp3) is 0.190. The van der Waals surface area contributed by atoms with E-state index in [4.69, 9.17) is 23.2 Å². The number of imidazole rings is 1. The lowest BCUT2D eigenvalue weighted by Crippen LogP contribution is -2.52. The minimum atomic E-state index is -0.951. The molecule has 6 nitrogen and oxygen atoms in total. The zero-order valence-electron chi connectivity index (χ0n) is 15.2. The van der Waals surface area contributed by atoms with Crippen LogP contribution < -0.4 is 10.6 Å². The number of rotatable bonds is 2. The molecule has 1 aromatic heterocycles. The van der Waals surface area contributed by atoms with Crippen molar-refractivity contribution in [2.24, 2.45) is 0 Å². The van der Waals surface area contributed by atoms with E-state index in [1.807, 2.05) is 22.9 Å². The molecule has 2 N–H and O–H groups in total. The molecule has 3 aromatic rings. The Balaban J connectivity index is 1.75. The maximum Gasteiger partial charge on any atom is 0.237 e. The maximum atomic E-state index is 13.3. The smallest absolute Gasteiger partial charge is 0.237 e. The Morgan fingerprint density at radius 3 is 2.69 bits per heavy atom. The zero-order chi connectivity index (χ0) is 20.2. The van der Waals surface area contributed by atoms with Crippen molar-refractivity contribution in [3.8, 4) is 5.69 Å². The standard InChI is InChI=1S/C21H16Cl2N4O2/c22-12-2-4-17(27-8-7-24-11-27)14(9-12)19-21(6-5-18(28)26-19)15-3-1-13(23)10-16(15)25-20(21)29/h1-4,7-11,19H,5-6H2,(H,25,29)(H,26,28)/t19-,21-/m1/s1. The highest BCUT2D eigenvalue weighted by molar-refractivity contribution is 6.31. The van der Waals surface area contributed by atoms with Gasteiger partial charge in [0, 0.05) is 40.1 Å². The van der Waals surface area contributed by atoms with Crippen molar-refractivity contribution in [3.63, 3.8) is 0 Å². The molecule has 3 heterocycles. The van der Waals surface area contributed by atoms with E-state index in [0.29, 0.717) is 22.2 Å². The third-order valence-corrected chi connectivity index (χ3v) is 6.21. The van der Waals surface area contributed by atoms with Crippen LogP contribution in [-0.2, 0) is 15.0 Å². The van der Waals surface area contributed by atoms with Gasteiger partial charge in [0.15, 0.2) is 0 Å². The molecule has 2 aliphatic heterocycles. The summed E-state index contributed by atoms with van der Waals surface area (Å²) in [6.45, 7) is 0. The summed E-state index contributed by atoms with van der Waals surface area (Å²) in [7, 11) is 0. The van der Waals surface area contributed by atoms with Gasteiger partial charge >= 0.3 is 0 Å². The predicted molar refractivity (Wildman–Crippen MR) is 110 cm³/mol. The second-order valence-corrected chi connectivity index (χ2v) is 8.16. The molecule has 2 amide bonds. The molecule has 2 aliphatic rings. The quantitative estimate of drug-likeness (QED) is 0.649. The van der Waals surface area contributed by atoms with E-state index >= 15 is 0 Å². The molecule has 0 bridgehead atoms. The molecular weight excluding hydrogens is 411 g/mol. The normalized spacial score (nSPS) is 23.0. The number of carbonyl (C=O) groups is 2. The third-order valence-electron chi connectivity index (χ3n) is 5.74. The summed E-state index contributed by atoms with van der Waals surface area (Å²) in [6.07, 6.45) is 5.80. The van der Waals surface area contributed by atoms with Gasteiger partial charge in [-0.15, -0.1) is 0 Å². The van der Waals surface area contributed by atoms with Crippen LogP contribution in [0.5, 0.6) is 0 Å². The Kier molecular flexibility index (Phi) is 4.15. The highest BCUT2D eigenvalue weighted by atomic mass is 35.5. The third kappa shape index (κ3) is 2.74. The molecule has 0 radical (unpaired) electrons. The number of benzene rings is 2. The van der Waals surface area contributed by atoms with Crippen molar-refractivity contribution in [1.29, 1.82) is 0 Å². The summed E-state index contributed by atoms with van der Waals surface area (Å²) in [6, 6.07) is 10.2. The molecular formula is C21H16Cl2N4O2. The lowest BCUT2D eigenvalue weighted by Gasteiger charge is -2.41. The SMILES string of the molecule is O=C1CC[C@]2(C(=O)Nc3cc(Cl)ccc32)[C@@H](c2cc(Cl)ccc2-n2ccnc2)N1. The van der Waals surface area contributed by atoms with Gasteiger partial charge in [0.2, 0.25) is 11.8 Å². The first-order chi connectivity index (χ1) is 14.0. The Morgan fingerprint density at radius 2 is 1.90 bits per heavy atom. The summed E-state index contributed by atoms with van der Waals surface area (Å²) in [5, 5.41) is 7.07. The first kappa shape index (κ1) is 18.2. The summed E-state index contributed by atoms with van der Waals surface area (Å²) in [5.41, 5.74) is 2.10. The lowest BCUT2D eigenvalue weighted by molar-refractivity contribution is -0.130. The fourth-order valence-corrected chi connectivity index (χ4v) is 4.80. The molecule has 0 saturated carbocycles. The van der Waals surface area contributed by atoms with Crippen LogP contribution in [0.15, 0.2) is 55.1 Å². The molecule has 2 aromatic carbocycles. The van der Waals surface area contributed by atoms with E-state index in [1.165, 1.54) is 0 Å². The van der Waals surface area contributed by atoms with Crippen LogP contribution in [0.2, 0.25) is 10.0 Å². The van der Waals surface area contributed by atoms with Gasteiger partial charge in [-0.3, -0.25) is 9.59 Å². The minimum absolute atomic E-state index is 0.104. The molecule has 1 fully saturated rings. The molecule has 2 atom stereocenters. The summed E-state index contributed by atoms with van der Waals surface area (Å²) in [4.78, 5) is 29.9. The second kappa shape index (κ2) is 6.61. The molecule has 0 unspecified atom stereocenters. The lowest BCUT2D eigenvalue weighted by atomic mass is 9.67. The summed E-state index contributed by atoms with van der Waals surface area (Å²) >= 11 is 12.5. The number of nitrogens with zero attached hydrogens (tertiary/aromatic N) is 2. The number of piperidine rings is 1. The molecule has 0 aliphatic carbocycles. The van der Waals surface area contributed by atoms with Crippen LogP contribution in [0.25, 0.3) is 5.69 Å². The average Bonchev–Trinajstić information content (AvgIpc) is 3.31. The Bertz CT molecular complexity index is 1150. The Labute approximate surface area is 176 Å². The summed E-state index contributed by atoms with van der Waals surface area (Å²) < 4.78 is 1.84. The molecule has 29 heavy (non-hydrogen) atoms. The van der Waals surface area contributed by atoms with Crippen molar-refractivity contribution in [2.75, 3.05) is 5.32 Å². The largest absolute Gasteiger partial charge is 0.348 e.